The molecule has 0 unspecified atom stereocenters. The number of sulfonamides is 1. The zero-order valence-corrected chi connectivity index (χ0v) is 11.5. The number of phenols is 1. The minimum Gasteiger partial charge on any atom is -0.506 e. The number of nitrogens with two attached hydrogens (primary N) is 1. The highest BCUT2D eigenvalue weighted by molar-refractivity contribution is 8.06. The number of aromatic hydroxyl groups is 1. The quantitative estimate of drug-likeness (QED) is 0.453. The second-order valence-electron chi connectivity index (χ2n) is 4.04. The third-order valence-corrected chi connectivity index (χ3v) is 3.47. The number of hydrogen-bond donors (Lipinski definition) is 3. The van der Waals surface area contributed by atoms with Gasteiger partial charge in [0.05, 0.1) is 5.69 Å². The van der Waals surface area contributed by atoms with E-state index >= 15 is 0 Å². The molecule has 0 aromatic heterocycles. The van der Waals surface area contributed by atoms with Crippen LogP contribution in [-0.4, -0.2) is 18.8 Å². The van der Waals surface area contributed by atoms with Crippen LogP contribution in [0.25, 0.3) is 0 Å². The predicted molar refractivity (Wildman–Crippen MR) is 77.5 cm³/mol. The van der Waals surface area contributed by atoms with Crippen LogP contribution in [0, 0.1) is 0 Å². The Morgan fingerprint density at radius 3 is 2.43 bits per heavy atom. The molecule has 110 valence electrons. The molecule has 0 spiro atoms. The molecular formula is C13H12N2O5S. The molecule has 0 atom stereocenters. The van der Waals surface area contributed by atoms with E-state index in [-0.39, 0.29) is 22.9 Å². The molecule has 0 heterocycles. The maximum atomic E-state index is 11.8. The van der Waals surface area contributed by atoms with Gasteiger partial charge >= 0.3 is 15.3 Å². The van der Waals surface area contributed by atoms with E-state index in [1.165, 1.54) is 24.3 Å². The van der Waals surface area contributed by atoms with E-state index < -0.39 is 15.3 Å². The van der Waals surface area contributed by atoms with Crippen molar-refractivity contribution in [2.75, 3.05) is 10.5 Å². The summed E-state index contributed by atoms with van der Waals surface area (Å²) in [6.07, 6.45) is 0. The highest BCUT2D eigenvalue weighted by Gasteiger charge is 2.25. The Hall–Kier alpha value is -2.74. The van der Waals surface area contributed by atoms with E-state index in [1.54, 1.807) is 18.2 Å². The van der Waals surface area contributed by atoms with Crippen molar-refractivity contribution in [3.63, 3.8) is 0 Å². The molecule has 2 aromatic rings. The number of nitrogens with one attached hydrogen (secondary N) is 1. The number of carbonyl (C=O) groups excluding carboxylic acids is 1. The molecule has 0 aliphatic carbocycles. The van der Waals surface area contributed by atoms with Crippen molar-refractivity contribution in [3.05, 3.63) is 48.5 Å². The Balaban J connectivity index is 2.13. The van der Waals surface area contributed by atoms with Crippen molar-refractivity contribution in [2.24, 2.45) is 0 Å². The lowest BCUT2D eigenvalue weighted by molar-refractivity contribution is 0.224. The molecule has 2 aromatic carbocycles. The summed E-state index contributed by atoms with van der Waals surface area (Å²) < 4.78 is 30.4. The molecule has 7 nitrogen and oxygen atoms in total. The van der Waals surface area contributed by atoms with E-state index in [1.807, 2.05) is 0 Å². The Bertz CT molecular complexity index is 759. The number of anilines is 2. The molecule has 0 aliphatic heterocycles. The molecule has 2 rings (SSSR count). The molecule has 0 fully saturated rings. The van der Waals surface area contributed by atoms with Crippen molar-refractivity contribution in [1.82, 2.24) is 0 Å². The molecule has 0 amide bonds. The number of para-hydroxylation sites is 1. The third kappa shape index (κ3) is 3.63. The van der Waals surface area contributed by atoms with Gasteiger partial charge in [-0.2, -0.15) is 8.42 Å². The van der Waals surface area contributed by atoms with Crippen molar-refractivity contribution in [2.45, 2.75) is 0 Å². The van der Waals surface area contributed by atoms with Gasteiger partial charge in [-0.3, -0.25) is 4.72 Å². The first-order chi connectivity index (χ1) is 9.88. The maximum absolute atomic E-state index is 11.8. The van der Waals surface area contributed by atoms with Gasteiger partial charge in [0, 0.05) is 11.8 Å². The fourth-order valence-corrected chi connectivity index (χ4v) is 2.19. The minimum atomic E-state index is -4.35. The normalized spacial score (nSPS) is 10.9. The standard InChI is InChI=1S/C13H12N2O5S/c14-11-8-10(6-7-12(11)16)20-13(17)21(18,19)15-9-4-2-1-3-5-9/h1-8,15-16H,14H2. The second-order valence-corrected chi connectivity index (χ2v) is 5.59. The SMILES string of the molecule is Nc1cc(OC(=O)S(=O)(=O)Nc2ccccc2)ccc1O. The van der Waals surface area contributed by atoms with Gasteiger partial charge in [0.2, 0.25) is 0 Å². The molecule has 0 radical (unpaired) electrons. The van der Waals surface area contributed by atoms with Crippen molar-refractivity contribution < 1.29 is 23.1 Å². The van der Waals surface area contributed by atoms with Crippen LogP contribution in [0.4, 0.5) is 16.2 Å². The van der Waals surface area contributed by atoms with Gasteiger partial charge in [-0.25, -0.2) is 4.79 Å². The lowest BCUT2D eigenvalue weighted by atomic mass is 10.3. The summed E-state index contributed by atoms with van der Waals surface area (Å²) in [5, 5.41) is 7.76. The van der Waals surface area contributed by atoms with Crippen LogP contribution < -0.4 is 15.2 Å². The van der Waals surface area contributed by atoms with Gasteiger partial charge in [-0.1, -0.05) is 18.2 Å². The lowest BCUT2D eigenvalue weighted by Crippen LogP contribution is -2.26. The predicted octanol–water partition coefficient (Wildman–Crippen LogP) is 1.92. The number of carbonyl (C=O) groups is 1. The first-order valence-corrected chi connectivity index (χ1v) is 7.25. The smallest absolute Gasteiger partial charge is 0.450 e. The minimum absolute atomic E-state index is 0.0336. The first kappa shape index (κ1) is 14.7. The topological polar surface area (TPSA) is 119 Å². The van der Waals surface area contributed by atoms with Gasteiger partial charge in [-0.15, -0.1) is 0 Å². The van der Waals surface area contributed by atoms with E-state index in [9.17, 15) is 18.3 Å². The Labute approximate surface area is 121 Å². The molecule has 0 saturated heterocycles. The summed E-state index contributed by atoms with van der Waals surface area (Å²) in [6.45, 7) is 0. The molecule has 8 heteroatoms. The number of phenolic OH excluding ortho intramolecular Hbond substituents is 1. The van der Waals surface area contributed by atoms with E-state index in [0.29, 0.717) is 0 Å². The first-order valence-electron chi connectivity index (χ1n) is 5.76. The van der Waals surface area contributed by atoms with Crippen LogP contribution in [0.5, 0.6) is 11.5 Å². The van der Waals surface area contributed by atoms with Gasteiger partial charge in [0.15, 0.2) is 0 Å². The molecule has 4 N–H and O–H groups in total. The van der Waals surface area contributed by atoms with Crippen molar-refractivity contribution in [3.8, 4) is 11.5 Å². The fourth-order valence-electron chi connectivity index (χ4n) is 1.45. The summed E-state index contributed by atoms with van der Waals surface area (Å²) in [5.74, 6) is -0.284. The molecule has 21 heavy (non-hydrogen) atoms. The largest absolute Gasteiger partial charge is 0.506 e. The fraction of sp³-hybridized carbons (Fsp3) is 0. The number of hydrogen-bond acceptors (Lipinski definition) is 6. The zero-order chi connectivity index (χ0) is 15.5. The number of ether oxygens (including phenoxy) is 1. The number of nitrogen functional groups attached to an aromatic ring is 1. The molecule has 0 saturated carbocycles. The summed E-state index contributed by atoms with van der Waals surface area (Å²) in [5.41, 5.74) is 5.62. The summed E-state index contributed by atoms with van der Waals surface area (Å²) in [7, 11) is -4.35. The average Bonchev–Trinajstić information content (AvgIpc) is 2.43. The van der Waals surface area contributed by atoms with E-state index in [2.05, 4.69) is 4.72 Å². The van der Waals surface area contributed by atoms with Crippen LogP contribution in [0.3, 0.4) is 0 Å². The Kier molecular flexibility index (Phi) is 3.99. The lowest BCUT2D eigenvalue weighted by Gasteiger charge is -2.08. The molecular weight excluding hydrogens is 296 g/mol. The van der Waals surface area contributed by atoms with Crippen molar-refractivity contribution >= 4 is 26.7 Å². The van der Waals surface area contributed by atoms with Gasteiger partial charge in [-0.05, 0) is 24.3 Å². The maximum Gasteiger partial charge on any atom is 0.450 e. The van der Waals surface area contributed by atoms with Gasteiger partial charge < -0.3 is 15.6 Å². The zero-order valence-electron chi connectivity index (χ0n) is 10.7. The van der Waals surface area contributed by atoms with E-state index in [4.69, 9.17) is 10.5 Å². The summed E-state index contributed by atoms with van der Waals surface area (Å²) in [6, 6.07) is 11.5. The Morgan fingerprint density at radius 1 is 1.14 bits per heavy atom. The summed E-state index contributed by atoms with van der Waals surface area (Å²) in [4.78, 5) is 11.7. The van der Waals surface area contributed by atoms with Crippen molar-refractivity contribution in [1.29, 1.82) is 0 Å². The highest BCUT2D eigenvalue weighted by atomic mass is 32.2. The number of benzene rings is 2. The Morgan fingerprint density at radius 2 is 1.81 bits per heavy atom. The average molecular weight is 308 g/mol. The van der Waals surface area contributed by atoms with Crippen LogP contribution in [0.2, 0.25) is 0 Å². The van der Waals surface area contributed by atoms with Gasteiger partial charge in [0.1, 0.15) is 11.5 Å². The second kappa shape index (κ2) is 5.71. The third-order valence-electron chi connectivity index (χ3n) is 2.45. The molecule has 0 aliphatic rings. The summed E-state index contributed by atoms with van der Waals surface area (Å²) >= 11 is 0. The van der Waals surface area contributed by atoms with Crippen LogP contribution in [0.1, 0.15) is 0 Å². The van der Waals surface area contributed by atoms with Crippen LogP contribution in [-0.2, 0) is 10.0 Å². The van der Waals surface area contributed by atoms with Crippen LogP contribution >= 0.6 is 0 Å². The highest BCUT2D eigenvalue weighted by Crippen LogP contribution is 2.25. The van der Waals surface area contributed by atoms with E-state index in [0.717, 1.165) is 6.07 Å². The van der Waals surface area contributed by atoms with Gasteiger partial charge in [0.25, 0.3) is 0 Å². The number of rotatable bonds is 3. The monoisotopic (exact) mass is 308 g/mol. The molecule has 0 bridgehead atoms. The van der Waals surface area contributed by atoms with Crippen LogP contribution in [0.15, 0.2) is 48.5 Å².